The molecule has 0 aliphatic heterocycles. The monoisotopic (exact) mass is 390 g/mol. The SMILES string of the molecule is CC(=O)C(=O)Cc1ccc(CC(=O)N(CCO)c2cccc3cccnc23)cc1. The van der Waals surface area contributed by atoms with Crippen LogP contribution in [-0.2, 0) is 27.2 Å². The van der Waals surface area contributed by atoms with Gasteiger partial charge in [0, 0.05) is 31.5 Å². The lowest BCUT2D eigenvalue weighted by Gasteiger charge is -2.23. The number of Topliss-reactive ketones (excluding diaryl/α,β-unsaturated/α-hetero) is 2. The van der Waals surface area contributed by atoms with Gasteiger partial charge in [-0.15, -0.1) is 0 Å². The number of aromatic nitrogens is 1. The largest absolute Gasteiger partial charge is 0.395 e. The molecule has 0 radical (unpaired) electrons. The van der Waals surface area contributed by atoms with Crippen molar-refractivity contribution in [3.63, 3.8) is 0 Å². The number of ketones is 2. The van der Waals surface area contributed by atoms with Gasteiger partial charge >= 0.3 is 0 Å². The predicted octanol–water partition coefficient (Wildman–Crippen LogP) is 2.50. The van der Waals surface area contributed by atoms with E-state index >= 15 is 0 Å². The fraction of sp³-hybridized carbons (Fsp3) is 0.217. The lowest BCUT2D eigenvalue weighted by molar-refractivity contribution is -0.134. The predicted molar refractivity (Wildman–Crippen MR) is 111 cm³/mol. The summed E-state index contributed by atoms with van der Waals surface area (Å²) in [5.74, 6) is -1.07. The molecule has 0 spiro atoms. The van der Waals surface area contributed by atoms with Crippen molar-refractivity contribution in [3.8, 4) is 0 Å². The molecule has 6 nitrogen and oxygen atoms in total. The number of hydrogen-bond acceptors (Lipinski definition) is 5. The Bertz CT molecular complexity index is 1040. The third kappa shape index (κ3) is 4.92. The molecule has 0 aliphatic rings. The number of rotatable bonds is 8. The van der Waals surface area contributed by atoms with Crippen LogP contribution in [0.1, 0.15) is 18.1 Å². The minimum Gasteiger partial charge on any atom is -0.395 e. The summed E-state index contributed by atoms with van der Waals surface area (Å²) in [5.41, 5.74) is 2.87. The van der Waals surface area contributed by atoms with Gasteiger partial charge in [0.25, 0.3) is 0 Å². The lowest BCUT2D eigenvalue weighted by Crippen LogP contribution is -2.35. The second-order valence-electron chi connectivity index (χ2n) is 6.77. The number of fused-ring (bicyclic) bond motifs is 1. The third-order valence-corrected chi connectivity index (χ3v) is 4.66. The Kier molecular flexibility index (Phi) is 6.46. The minimum atomic E-state index is -0.465. The number of carbonyl (C=O) groups excluding carboxylic acids is 3. The fourth-order valence-electron chi connectivity index (χ4n) is 3.14. The Hall–Kier alpha value is -3.38. The molecule has 1 heterocycles. The first-order valence-electron chi connectivity index (χ1n) is 9.36. The second-order valence-corrected chi connectivity index (χ2v) is 6.77. The molecule has 0 aliphatic carbocycles. The number of para-hydroxylation sites is 1. The normalized spacial score (nSPS) is 10.7. The third-order valence-electron chi connectivity index (χ3n) is 4.66. The van der Waals surface area contributed by atoms with Gasteiger partial charge in [0.15, 0.2) is 5.78 Å². The molecule has 0 saturated carbocycles. The van der Waals surface area contributed by atoms with E-state index in [2.05, 4.69) is 4.98 Å². The smallest absolute Gasteiger partial charge is 0.231 e. The maximum atomic E-state index is 13.0. The van der Waals surface area contributed by atoms with Crippen LogP contribution in [0, 0.1) is 0 Å². The molecule has 1 amide bonds. The molecule has 0 atom stereocenters. The molecule has 0 saturated heterocycles. The topological polar surface area (TPSA) is 87.6 Å². The van der Waals surface area contributed by atoms with E-state index in [-0.39, 0.29) is 31.9 Å². The lowest BCUT2D eigenvalue weighted by atomic mass is 10.0. The summed E-state index contributed by atoms with van der Waals surface area (Å²) in [6.07, 6.45) is 1.88. The molecule has 0 bridgehead atoms. The summed E-state index contributed by atoms with van der Waals surface area (Å²) >= 11 is 0. The van der Waals surface area contributed by atoms with Gasteiger partial charge in [-0.25, -0.2) is 0 Å². The van der Waals surface area contributed by atoms with E-state index in [9.17, 15) is 19.5 Å². The van der Waals surface area contributed by atoms with Crippen molar-refractivity contribution < 1.29 is 19.5 Å². The van der Waals surface area contributed by atoms with Crippen LogP contribution in [0.2, 0.25) is 0 Å². The first-order chi connectivity index (χ1) is 14.0. The van der Waals surface area contributed by atoms with E-state index in [1.54, 1.807) is 35.4 Å². The van der Waals surface area contributed by atoms with Crippen LogP contribution in [0.15, 0.2) is 60.8 Å². The molecular weight excluding hydrogens is 368 g/mol. The van der Waals surface area contributed by atoms with Crippen molar-refractivity contribution in [1.29, 1.82) is 0 Å². The fourth-order valence-corrected chi connectivity index (χ4v) is 3.14. The van der Waals surface area contributed by atoms with Gasteiger partial charge in [0.1, 0.15) is 0 Å². The Morgan fingerprint density at radius 3 is 2.24 bits per heavy atom. The molecule has 1 N–H and O–H groups in total. The maximum absolute atomic E-state index is 13.0. The van der Waals surface area contributed by atoms with Crippen molar-refractivity contribution in [3.05, 3.63) is 71.9 Å². The van der Waals surface area contributed by atoms with Crippen molar-refractivity contribution in [2.75, 3.05) is 18.1 Å². The van der Waals surface area contributed by atoms with Crippen LogP contribution in [-0.4, -0.2) is 40.7 Å². The van der Waals surface area contributed by atoms with Crippen molar-refractivity contribution in [2.24, 2.45) is 0 Å². The van der Waals surface area contributed by atoms with Crippen LogP contribution >= 0.6 is 0 Å². The summed E-state index contributed by atoms with van der Waals surface area (Å²) in [5, 5.41) is 10.4. The van der Waals surface area contributed by atoms with E-state index in [1.165, 1.54) is 6.92 Å². The highest BCUT2D eigenvalue weighted by atomic mass is 16.3. The summed E-state index contributed by atoms with van der Waals surface area (Å²) < 4.78 is 0. The molecule has 3 aromatic rings. The van der Waals surface area contributed by atoms with E-state index in [4.69, 9.17) is 0 Å². The standard InChI is InChI=1S/C23H22N2O4/c1-16(27)21(28)14-17-7-9-18(10-8-17)15-22(29)25(12-13-26)20-6-2-4-19-5-3-11-24-23(19)20/h2-11,26H,12-15H2,1H3. The number of hydrogen-bond donors (Lipinski definition) is 1. The van der Waals surface area contributed by atoms with E-state index < -0.39 is 11.6 Å². The Labute approximate surface area is 168 Å². The van der Waals surface area contributed by atoms with Crippen molar-refractivity contribution in [1.82, 2.24) is 4.98 Å². The molecule has 0 fully saturated rings. The molecule has 148 valence electrons. The zero-order valence-corrected chi connectivity index (χ0v) is 16.2. The summed E-state index contributed by atoms with van der Waals surface area (Å²) in [7, 11) is 0. The van der Waals surface area contributed by atoms with Gasteiger partial charge < -0.3 is 10.0 Å². The van der Waals surface area contributed by atoms with Crippen molar-refractivity contribution >= 4 is 34.1 Å². The molecule has 1 aromatic heterocycles. The molecule has 6 heteroatoms. The molecular formula is C23H22N2O4. The first kappa shape index (κ1) is 20.4. The van der Waals surface area contributed by atoms with Crippen LogP contribution < -0.4 is 4.90 Å². The van der Waals surface area contributed by atoms with Crippen molar-refractivity contribution in [2.45, 2.75) is 19.8 Å². The summed E-state index contributed by atoms with van der Waals surface area (Å²) in [6.45, 7) is 1.26. The van der Waals surface area contributed by atoms with Gasteiger partial charge in [-0.1, -0.05) is 42.5 Å². The van der Waals surface area contributed by atoms with Crippen LogP contribution in [0.4, 0.5) is 5.69 Å². The number of anilines is 1. The van der Waals surface area contributed by atoms with Crippen LogP contribution in [0.25, 0.3) is 10.9 Å². The quantitative estimate of drug-likeness (QED) is 0.597. The Balaban J connectivity index is 1.79. The Morgan fingerprint density at radius 1 is 0.931 bits per heavy atom. The Morgan fingerprint density at radius 2 is 1.59 bits per heavy atom. The van der Waals surface area contributed by atoms with E-state index in [0.29, 0.717) is 11.2 Å². The highest BCUT2D eigenvalue weighted by molar-refractivity contribution is 6.36. The number of aliphatic hydroxyl groups excluding tert-OH is 1. The molecule has 29 heavy (non-hydrogen) atoms. The first-order valence-corrected chi connectivity index (χ1v) is 9.36. The van der Waals surface area contributed by atoms with Gasteiger partial charge in [0.2, 0.25) is 11.7 Å². The second kappa shape index (κ2) is 9.21. The zero-order chi connectivity index (χ0) is 20.8. The van der Waals surface area contributed by atoms with Gasteiger partial charge in [0.05, 0.1) is 24.2 Å². The van der Waals surface area contributed by atoms with Gasteiger partial charge in [-0.05, 0) is 23.3 Å². The van der Waals surface area contributed by atoms with Gasteiger partial charge in [-0.3, -0.25) is 19.4 Å². The number of carbonyl (C=O) groups is 3. The number of pyridine rings is 1. The number of amides is 1. The highest BCUT2D eigenvalue weighted by Crippen LogP contribution is 2.25. The molecule has 0 unspecified atom stereocenters. The average molecular weight is 390 g/mol. The average Bonchev–Trinajstić information content (AvgIpc) is 2.73. The van der Waals surface area contributed by atoms with Crippen LogP contribution in [0.5, 0.6) is 0 Å². The summed E-state index contributed by atoms with van der Waals surface area (Å²) in [4.78, 5) is 41.6. The van der Waals surface area contributed by atoms with Gasteiger partial charge in [-0.2, -0.15) is 0 Å². The minimum absolute atomic E-state index is 0.0574. The maximum Gasteiger partial charge on any atom is 0.231 e. The number of aliphatic hydroxyl groups is 1. The van der Waals surface area contributed by atoms with Crippen LogP contribution in [0.3, 0.4) is 0 Å². The molecule has 3 rings (SSSR count). The zero-order valence-electron chi connectivity index (χ0n) is 16.2. The summed E-state index contributed by atoms with van der Waals surface area (Å²) in [6, 6.07) is 16.4. The number of benzene rings is 2. The molecule has 2 aromatic carbocycles. The van der Waals surface area contributed by atoms with E-state index in [1.807, 2.05) is 30.3 Å². The highest BCUT2D eigenvalue weighted by Gasteiger charge is 2.19. The number of nitrogens with zero attached hydrogens (tertiary/aromatic N) is 2. The van der Waals surface area contributed by atoms with E-state index in [0.717, 1.165) is 16.5 Å².